The van der Waals surface area contributed by atoms with E-state index in [1.807, 2.05) is 30.3 Å². The molecule has 1 N–H and O–H groups in total. The van der Waals surface area contributed by atoms with Crippen molar-refractivity contribution in [1.29, 1.82) is 0 Å². The van der Waals surface area contributed by atoms with Gasteiger partial charge in [-0.25, -0.2) is 4.79 Å². The van der Waals surface area contributed by atoms with Crippen molar-refractivity contribution in [3.05, 3.63) is 59.2 Å². The number of aromatic carboxylic acids is 1. The fourth-order valence-electron chi connectivity index (χ4n) is 2.20. The molecule has 0 atom stereocenters. The molecule has 0 radical (unpaired) electrons. The van der Waals surface area contributed by atoms with Gasteiger partial charge in [-0.3, -0.25) is 0 Å². The Morgan fingerprint density at radius 3 is 2.35 bits per heavy atom. The van der Waals surface area contributed by atoms with E-state index < -0.39 is 5.97 Å². The highest BCUT2D eigenvalue weighted by atomic mass is 16.7. The summed E-state index contributed by atoms with van der Waals surface area (Å²) in [5, 5.41) is 8.85. The second kappa shape index (κ2) is 5.25. The maximum absolute atomic E-state index is 10.8. The first kappa shape index (κ1) is 12.5. The van der Waals surface area contributed by atoms with E-state index >= 15 is 0 Å². The third-order valence-electron chi connectivity index (χ3n) is 3.34. The number of carboxylic acids is 1. The van der Waals surface area contributed by atoms with Crippen molar-refractivity contribution in [3.63, 3.8) is 0 Å². The molecule has 0 spiro atoms. The highest BCUT2D eigenvalue weighted by Gasteiger charge is 2.13. The third-order valence-corrected chi connectivity index (χ3v) is 3.34. The Labute approximate surface area is 116 Å². The molecule has 2 aromatic rings. The van der Waals surface area contributed by atoms with Crippen LogP contribution in [-0.4, -0.2) is 17.9 Å². The highest BCUT2D eigenvalue weighted by molar-refractivity contribution is 5.87. The topological polar surface area (TPSA) is 55.8 Å². The molecule has 0 saturated heterocycles. The number of fused-ring (bicyclic) bond motifs is 1. The van der Waals surface area contributed by atoms with Gasteiger partial charge in [0.1, 0.15) is 0 Å². The van der Waals surface area contributed by atoms with Crippen LogP contribution in [0.25, 0.3) is 0 Å². The minimum Gasteiger partial charge on any atom is -0.478 e. The molecule has 102 valence electrons. The summed E-state index contributed by atoms with van der Waals surface area (Å²) >= 11 is 0. The molecule has 0 aromatic heterocycles. The van der Waals surface area contributed by atoms with E-state index in [0.717, 1.165) is 29.9 Å². The van der Waals surface area contributed by atoms with Crippen LogP contribution in [0.15, 0.2) is 42.5 Å². The molecule has 20 heavy (non-hydrogen) atoms. The van der Waals surface area contributed by atoms with Crippen molar-refractivity contribution >= 4 is 5.97 Å². The average molecular weight is 270 g/mol. The summed E-state index contributed by atoms with van der Waals surface area (Å²) in [7, 11) is 0. The van der Waals surface area contributed by atoms with E-state index in [1.165, 1.54) is 5.56 Å². The van der Waals surface area contributed by atoms with Crippen LogP contribution in [0.5, 0.6) is 11.5 Å². The van der Waals surface area contributed by atoms with Crippen molar-refractivity contribution in [2.45, 2.75) is 12.8 Å². The van der Waals surface area contributed by atoms with E-state index in [4.69, 9.17) is 14.6 Å². The Bertz CT molecular complexity index is 631. The summed E-state index contributed by atoms with van der Waals surface area (Å²) in [5.41, 5.74) is 2.61. The SMILES string of the molecule is O=C(O)c1ccc(CCc2ccc3c(c2)OCO3)cc1. The Morgan fingerprint density at radius 1 is 0.950 bits per heavy atom. The van der Waals surface area contributed by atoms with Gasteiger partial charge in [0.2, 0.25) is 6.79 Å². The third kappa shape index (κ3) is 2.59. The summed E-state index contributed by atoms with van der Waals surface area (Å²) in [5.74, 6) is 0.690. The van der Waals surface area contributed by atoms with Gasteiger partial charge in [0.15, 0.2) is 11.5 Å². The number of carboxylic acid groups (broad SMARTS) is 1. The molecule has 0 aliphatic carbocycles. The average Bonchev–Trinajstić information content (AvgIpc) is 2.93. The molecular formula is C16H14O4. The van der Waals surface area contributed by atoms with Gasteiger partial charge < -0.3 is 14.6 Å². The Balaban J connectivity index is 1.65. The second-order valence-corrected chi connectivity index (χ2v) is 4.69. The van der Waals surface area contributed by atoms with Crippen LogP contribution in [0.3, 0.4) is 0 Å². The van der Waals surface area contributed by atoms with Gasteiger partial charge in [-0.1, -0.05) is 18.2 Å². The van der Waals surface area contributed by atoms with Crippen LogP contribution in [0.4, 0.5) is 0 Å². The molecule has 1 heterocycles. The predicted octanol–water partition coefficient (Wildman–Crippen LogP) is 2.90. The van der Waals surface area contributed by atoms with Crippen LogP contribution in [0, 0.1) is 0 Å². The number of benzene rings is 2. The van der Waals surface area contributed by atoms with E-state index in [1.54, 1.807) is 12.1 Å². The molecule has 0 unspecified atom stereocenters. The number of hydrogen-bond donors (Lipinski definition) is 1. The van der Waals surface area contributed by atoms with Crippen molar-refractivity contribution in [3.8, 4) is 11.5 Å². The lowest BCUT2D eigenvalue weighted by Crippen LogP contribution is -1.97. The lowest BCUT2D eigenvalue weighted by molar-refractivity contribution is 0.0697. The molecule has 1 aliphatic rings. The summed E-state index contributed by atoms with van der Waals surface area (Å²) in [6, 6.07) is 12.9. The first-order chi connectivity index (χ1) is 9.72. The van der Waals surface area contributed by atoms with Gasteiger partial charge in [0, 0.05) is 0 Å². The number of aryl methyl sites for hydroxylation is 2. The fourth-order valence-corrected chi connectivity index (χ4v) is 2.20. The van der Waals surface area contributed by atoms with E-state index in [-0.39, 0.29) is 6.79 Å². The minimum absolute atomic E-state index is 0.287. The zero-order valence-corrected chi connectivity index (χ0v) is 10.8. The summed E-state index contributed by atoms with van der Waals surface area (Å²) in [6.07, 6.45) is 1.74. The van der Waals surface area contributed by atoms with Gasteiger partial charge >= 0.3 is 5.97 Å². The predicted molar refractivity (Wildman–Crippen MR) is 73.4 cm³/mol. The largest absolute Gasteiger partial charge is 0.478 e. The standard InChI is InChI=1S/C16H14O4/c17-16(18)13-6-3-11(4-7-13)1-2-12-5-8-14-15(9-12)20-10-19-14/h3-9H,1-2,10H2,(H,17,18). The summed E-state index contributed by atoms with van der Waals surface area (Å²) in [4.78, 5) is 10.8. The summed E-state index contributed by atoms with van der Waals surface area (Å²) in [6.45, 7) is 0.287. The fraction of sp³-hybridized carbons (Fsp3) is 0.188. The first-order valence-corrected chi connectivity index (χ1v) is 6.43. The lowest BCUT2D eigenvalue weighted by Gasteiger charge is -2.04. The molecule has 2 aromatic carbocycles. The second-order valence-electron chi connectivity index (χ2n) is 4.69. The number of carbonyl (C=O) groups is 1. The monoisotopic (exact) mass is 270 g/mol. The zero-order chi connectivity index (χ0) is 13.9. The lowest BCUT2D eigenvalue weighted by atomic mass is 10.0. The molecule has 0 bridgehead atoms. The zero-order valence-electron chi connectivity index (χ0n) is 10.8. The van der Waals surface area contributed by atoms with Gasteiger partial charge in [-0.15, -0.1) is 0 Å². The maximum Gasteiger partial charge on any atom is 0.335 e. The molecule has 0 amide bonds. The van der Waals surface area contributed by atoms with Gasteiger partial charge in [0.25, 0.3) is 0 Å². The van der Waals surface area contributed by atoms with E-state index in [2.05, 4.69) is 0 Å². The van der Waals surface area contributed by atoms with Gasteiger partial charge in [0.05, 0.1) is 5.56 Å². The van der Waals surface area contributed by atoms with Crippen molar-refractivity contribution < 1.29 is 19.4 Å². The van der Waals surface area contributed by atoms with E-state index in [9.17, 15) is 4.79 Å². The van der Waals surface area contributed by atoms with Crippen LogP contribution < -0.4 is 9.47 Å². The molecule has 3 rings (SSSR count). The maximum atomic E-state index is 10.8. The Hall–Kier alpha value is -2.49. The molecular weight excluding hydrogens is 256 g/mol. The summed E-state index contributed by atoms with van der Waals surface area (Å²) < 4.78 is 10.6. The highest BCUT2D eigenvalue weighted by Crippen LogP contribution is 2.32. The molecule has 0 saturated carbocycles. The minimum atomic E-state index is -0.896. The van der Waals surface area contributed by atoms with Gasteiger partial charge in [-0.05, 0) is 48.2 Å². The number of rotatable bonds is 4. The molecule has 0 fully saturated rings. The normalized spacial score (nSPS) is 12.4. The van der Waals surface area contributed by atoms with E-state index in [0.29, 0.717) is 5.56 Å². The molecule has 1 aliphatic heterocycles. The van der Waals surface area contributed by atoms with Crippen LogP contribution in [0.1, 0.15) is 21.5 Å². The van der Waals surface area contributed by atoms with Crippen LogP contribution in [-0.2, 0) is 12.8 Å². The quantitative estimate of drug-likeness (QED) is 0.928. The van der Waals surface area contributed by atoms with Crippen molar-refractivity contribution in [2.75, 3.05) is 6.79 Å². The smallest absolute Gasteiger partial charge is 0.335 e. The van der Waals surface area contributed by atoms with Crippen molar-refractivity contribution in [1.82, 2.24) is 0 Å². The molecule has 4 heteroatoms. The Kier molecular flexibility index (Phi) is 3.29. The van der Waals surface area contributed by atoms with Gasteiger partial charge in [-0.2, -0.15) is 0 Å². The first-order valence-electron chi connectivity index (χ1n) is 6.43. The number of ether oxygens (including phenoxy) is 2. The molecule has 4 nitrogen and oxygen atoms in total. The van der Waals surface area contributed by atoms with Crippen LogP contribution >= 0.6 is 0 Å². The van der Waals surface area contributed by atoms with Crippen molar-refractivity contribution in [2.24, 2.45) is 0 Å². The van der Waals surface area contributed by atoms with Crippen LogP contribution in [0.2, 0.25) is 0 Å². The number of hydrogen-bond acceptors (Lipinski definition) is 3. The Morgan fingerprint density at radius 2 is 1.60 bits per heavy atom.